The Labute approximate surface area is 180 Å². The number of aliphatic hydroxyl groups excluding tert-OH is 1. The Balaban J connectivity index is 1.52. The van der Waals surface area contributed by atoms with Crippen LogP contribution in [0.15, 0.2) is 79.0 Å². The van der Waals surface area contributed by atoms with Crippen LogP contribution < -0.4 is 5.32 Å². The summed E-state index contributed by atoms with van der Waals surface area (Å²) < 4.78 is 14.6. The fraction of sp³-hybridized carbons (Fsp3) is 0.154. The van der Waals surface area contributed by atoms with E-state index in [4.69, 9.17) is 4.98 Å². The molecule has 0 spiro atoms. The van der Waals surface area contributed by atoms with Crippen LogP contribution in [0.4, 0.5) is 16.0 Å². The maximum Gasteiger partial charge on any atom is 0.227 e. The van der Waals surface area contributed by atoms with E-state index in [1.807, 2.05) is 60.8 Å². The van der Waals surface area contributed by atoms with Gasteiger partial charge in [0.2, 0.25) is 5.95 Å². The lowest BCUT2D eigenvalue weighted by Gasteiger charge is -2.27. The van der Waals surface area contributed by atoms with Crippen molar-refractivity contribution in [2.75, 3.05) is 11.9 Å². The summed E-state index contributed by atoms with van der Waals surface area (Å²) in [5, 5.41) is 12.4. The molecule has 3 aromatic carbocycles. The Morgan fingerprint density at radius 1 is 0.968 bits per heavy atom. The first-order valence-corrected chi connectivity index (χ1v) is 10.4. The number of benzene rings is 3. The van der Waals surface area contributed by atoms with Gasteiger partial charge in [-0.3, -0.25) is 0 Å². The number of aromatic nitrogens is 2. The van der Waals surface area contributed by atoms with Gasteiger partial charge in [-0.1, -0.05) is 54.6 Å². The number of hydrogen-bond donors (Lipinski definition) is 2. The van der Waals surface area contributed by atoms with E-state index in [0.29, 0.717) is 24.4 Å². The molecule has 2 N–H and O–H groups in total. The molecule has 0 radical (unpaired) electrons. The van der Waals surface area contributed by atoms with Crippen molar-refractivity contribution in [1.82, 2.24) is 9.97 Å². The van der Waals surface area contributed by atoms with Gasteiger partial charge in [0.15, 0.2) is 0 Å². The topological polar surface area (TPSA) is 58.0 Å². The first-order valence-electron chi connectivity index (χ1n) is 10.4. The zero-order valence-electron chi connectivity index (χ0n) is 16.9. The smallest absolute Gasteiger partial charge is 0.227 e. The van der Waals surface area contributed by atoms with Gasteiger partial charge in [-0.05, 0) is 53.3 Å². The van der Waals surface area contributed by atoms with E-state index in [0.717, 1.165) is 33.6 Å². The third kappa shape index (κ3) is 3.80. The first kappa shape index (κ1) is 19.4. The molecule has 31 heavy (non-hydrogen) atoms. The molecule has 0 aliphatic heterocycles. The monoisotopic (exact) mass is 411 g/mol. The number of fused-ring (bicyclic) bond motifs is 3. The summed E-state index contributed by atoms with van der Waals surface area (Å²) in [5.41, 5.74) is 6.59. The highest BCUT2D eigenvalue weighted by Crippen LogP contribution is 2.42. The highest BCUT2D eigenvalue weighted by molar-refractivity contribution is 5.73. The van der Waals surface area contributed by atoms with Crippen LogP contribution in [0.3, 0.4) is 0 Å². The Hall–Kier alpha value is -3.57. The summed E-state index contributed by atoms with van der Waals surface area (Å²) in [5.74, 6) is 0.259. The first-order chi connectivity index (χ1) is 15.2. The summed E-state index contributed by atoms with van der Waals surface area (Å²) in [6.07, 6.45) is 3.09. The van der Waals surface area contributed by atoms with Crippen LogP contribution in [-0.2, 0) is 12.8 Å². The van der Waals surface area contributed by atoms with E-state index in [1.54, 1.807) is 6.07 Å². The molecule has 1 aliphatic carbocycles. The Morgan fingerprint density at radius 2 is 1.77 bits per heavy atom. The molecule has 0 amide bonds. The molecular formula is C26H22FN3O. The van der Waals surface area contributed by atoms with Crippen molar-refractivity contribution in [3.63, 3.8) is 0 Å². The molecule has 4 nitrogen and oxygen atoms in total. The van der Waals surface area contributed by atoms with Gasteiger partial charge in [0.25, 0.3) is 0 Å². The van der Waals surface area contributed by atoms with Crippen LogP contribution in [0.25, 0.3) is 11.3 Å². The summed E-state index contributed by atoms with van der Waals surface area (Å²) in [4.78, 5) is 9.33. The molecule has 5 rings (SSSR count). The third-order valence-corrected chi connectivity index (χ3v) is 5.74. The molecule has 0 saturated carbocycles. The van der Waals surface area contributed by atoms with Gasteiger partial charge >= 0.3 is 0 Å². The minimum atomic E-state index is -0.187. The Morgan fingerprint density at radius 3 is 2.61 bits per heavy atom. The van der Waals surface area contributed by atoms with Crippen LogP contribution in [0.5, 0.6) is 0 Å². The highest BCUT2D eigenvalue weighted by Gasteiger charge is 2.28. The molecule has 154 valence electrons. The number of nitrogens with one attached hydrogen (secondary N) is 1. The third-order valence-electron chi connectivity index (χ3n) is 5.74. The minimum absolute atomic E-state index is 0.0672. The van der Waals surface area contributed by atoms with E-state index in [1.165, 1.54) is 6.07 Å². The molecule has 4 aromatic rings. The highest BCUT2D eigenvalue weighted by atomic mass is 19.1. The van der Waals surface area contributed by atoms with E-state index in [9.17, 15) is 9.50 Å². The van der Waals surface area contributed by atoms with Gasteiger partial charge in [-0.2, -0.15) is 0 Å². The normalized spacial score (nSPS) is 14.6. The zero-order valence-corrected chi connectivity index (χ0v) is 16.9. The van der Waals surface area contributed by atoms with Crippen LogP contribution in [0.1, 0.15) is 28.2 Å². The molecule has 1 aliphatic rings. The van der Waals surface area contributed by atoms with Crippen molar-refractivity contribution >= 4 is 11.6 Å². The maximum atomic E-state index is 14.6. The van der Waals surface area contributed by atoms with E-state index in [-0.39, 0.29) is 18.3 Å². The number of hydrogen-bond acceptors (Lipinski definition) is 4. The predicted molar refractivity (Wildman–Crippen MR) is 120 cm³/mol. The predicted octanol–water partition coefficient (Wildman–Crippen LogP) is 5.25. The van der Waals surface area contributed by atoms with Crippen molar-refractivity contribution in [2.24, 2.45) is 0 Å². The molecule has 0 unspecified atom stereocenters. The average Bonchev–Trinajstić information content (AvgIpc) is 2.80. The molecule has 1 aromatic heterocycles. The number of rotatable bonds is 5. The summed E-state index contributed by atoms with van der Waals surface area (Å²) in [6, 6.07) is 22.9. The molecular weight excluding hydrogens is 389 g/mol. The second-order valence-corrected chi connectivity index (χ2v) is 7.73. The van der Waals surface area contributed by atoms with Gasteiger partial charge in [0.05, 0.1) is 5.69 Å². The molecule has 0 saturated heterocycles. The van der Waals surface area contributed by atoms with Crippen LogP contribution >= 0.6 is 0 Å². The van der Waals surface area contributed by atoms with E-state index in [2.05, 4.69) is 16.4 Å². The van der Waals surface area contributed by atoms with Gasteiger partial charge in [-0.15, -0.1) is 0 Å². The van der Waals surface area contributed by atoms with Gasteiger partial charge in [0, 0.05) is 30.0 Å². The average molecular weight is 411 g/mol. The lowest BCUT2D eigenvalue weighted by molar-refractivity contribution is 0.299. The lowest BCUT2D eigenvalue weighted by atomic mass is 9.78. The van der Waals surface area contributed by atoms with Crippen molar-refractivity contribution < 1.29 is 9.50 Å². The number of nitrogens with zero attached hydrogens (tertiary/aromatic N) is 2. The van der Waals surface area contributed by atoms with Crippen molar-refractivity contribution in [3.8, 4) is 11.3 Å². The zero-order chi connectivity index (χ0) is 21.2. The number of halogens is 1. The molecule has 1 heterocycles. The lowest BCUT2D eigenvalue weighted by Crippen LogP contribution is -2.16. The summed E-state index contributed by atoms with van der Waals surface area (Å²) in [6.45, 7) is 0.110. The van der Waals surface area contributed by atoms with Gasteiger partial charge in [-0.25, -0.2) is 14.4 Å². The summed E-state index contributed by atoms with van der Waals surface area (Å²) >= 11 is 0. The largest absolute Gasteiger partial charge is 0.396 e. The summed E-state index contributed by atoms with van der Waals surface area (Å²) in [7, 11) is 0. The van der Waals surface area contributed by atoms with Crippen LogP contribution in [0, 0.1) is 5.82 Å². The van der Waals surface area contributed by atoms with Gasteiger partial charge < -0.3 is 10.4 Å². The maximum absolute atomic E-state index is 14.6. The molecule has 5 heteroatoms. The van der Waals surface area contributed by atoms with E-state index >= 15 is 0 Å². The molecule has 0 fully saturated rings. The SMILES string of the molecule is OCCc1cccc(Nc2ncc3c(n2)-c2ccccc2[C@H](c2ccccc2F)C3)c1. The standard InChI is InChI=1S/C26H22FN3O/c27-24-11-4-3-9-21(24)23-15-18-16-28-26(29-19-7-5-6-17(14-19)12-13-31)30-25(18)22-10-2-1-8-20(22)23/h1-11,14,16,23,31H,12-13,15H2,(H,28,29,30)/t23-/m1/s1. The van der Waals surface area contributed by atoms with Crippen molar-refractivity contribution in [1.29, 1.82) is 0 Å². The van der Waals surface area contributed by atoms with E-state index < -0.39 is 0 Å². The molecule has 1 atom stereocenters. The van der Waals surface area contributed by atoms with Crippen LogP contribution in [0.2, 0.25) is 0 Å². The van der Waals surface area contributed by atoms with Gasteiger partial charge in [0.1, 0.15) is 5.82 Å². The van der Waals surface area contributed by atoms with Crippen molar-refractivity contribution in [3.05, 3.63) is 107 Å². The minimum Gasteiger partial charge on any atom is -0.396 e. The Kier molecular flexibility index (Phi) is 5.18. The Bertz CT molecular complexity index is 1240. The number of aliphatic hydroxyl groups is 1. The second-order valence-electron chi connectivity index (χ2n) is 7.73. The second kappa shape index (κ2) is 8.28. The fourth-order valence-electron chi connectivity index (χ4n) is 4.29. The quantitative estimate of drug-likeness (QED) is 0.471. The van der Waals surface area contributed by atoms with Crippen molar-refractivity contribution in [2.45, 2.75) is 18.8 Å². The molecule has 0 bridgehead atoms. The fourth-order valence-corrected chi connectivity index (χ4v) is 4.29. The van der Waals surface area contributed by atoms with Crippen LogP contribution in [-0.4, -0.2) is 21.7 Å². The number of anilines is 2.